The van der Waals surface area contributed by atoms with Crippen molar-refractivity contribution in [2.45, 2.75) is 51.6 Å². The molecule has 1 atom stereocenters. The number of halogens is 3. The van der Waals surface area contributed by atoms with Gasteiger partial charge in [-0.05, 0) is 63.1 Å². The monoisotopic (exact) mass is 565 g/mol. The molecule has 2 aromatic rings. The van der Waals surface area contributed by atoms with Crippen molar-refractivity contribution in [1.82, 2.24) is 15.5 Å². The van der Waals surface area contributed by atoms with Crippen LogP contribution < -0.4 is 26.4 Å². The van der Waals surface area contributed by atoms with Crippen molar-refractivity contribution in [2.24, 2.45) is 0 Å². The fourth-order valence-electron chi connectivity index (χ4n) is 4.20. The minimum atomic E-state index is -4.72. The van der Waals surface area contributed by atoms with Crippen molar-refractivity contribution in [3.8, 4) is 5.75 Å². The van der Waals surface area contributed by atoms with Crippen molar-refractivity contribution in [3.63, 3.8) is 0 Å². The lowest BCUT2D eigenvalue weighted by Gasteiger charge is -2.21. The molecule has 1 heterocycles. The molecule has 0 saturated carbocycles. The molecule has 10 nitrogen and oxygen atoms in total. The van der Waals surface area contributed by atoms with Gasteiger partial charge in [-0.25, -0.2) is 4.79 Å². The van der Waals surface area contributed by atoms with Crippen molar-refractivity contribution in [1.29, 1.82) is 0 Å². The van der Waals surface area contributed by atoms with Gasteiger partial charge in [0.15, 0.2) is 0 Å². The van der Waals surface area contributed by atoms with Gasteiger partial charge < -0.3 is 25.8 Å². The van der Waals surface area contributed by atoms with E-state index in [0.29, 0.717) is 37.0 Å². The second-order valence-corrected chi connectivity index (χ2v) is 10.4. The number of nitrogens with zero attached hydrogens (tertiary/aromatic N) is 1. The van der Waals surface area contributed by atoms with Crippen LogP contribution in [0.15, 0.2) is 36.4 Å². The summed E-state index contributed by atoms with van der Waals surface area (Å²) >= 11 is 0. The Balaban J connectivity index is 1.57. The number of hydrogen-bond donors (Lipinski definition) is 4. The van der Waals surface area contributed by atoms with E-state index >= 15 is 0 Å². The summed E-state index contributed by atoms with van der Waals surface area (Å²) in [4.78, 5) is 39.6. The van der Waals surface area contributed by atoms with Crippen LogP contribution in [-0.2, 0) is 22.3 Å². The van der Waals surface area contributed by atoms with Crippen LogP contribution >= 0.6 is 0 Å². The summed E-state index contributed by atoms with van der Waals surface area (Å²) in [5.41, 5.74) is 4.90. The number of rotatable bonds is 8. The van der Waals surface area contributed by atoms with E-state index in [2.05, 4.69) is 20.9 Å². The van der Waals surface area contributed by atoms with Crippen LogP contribution in [0.25, 0.3) is 0 Å². The van der Waals surface area contributed by atoms with E-state index in [1.54, 1.807) is 33.9 Å². The van der Waals surface area contributed by atoms with E-state index in [1.165, 1.54) is 0 Å². The van der Waals surface area contributed by atoms with Crippen molar-refractivity contribution < 1.29 is 37.0 Å². The van der Waals surface area contributed by atoms with Gasteiger partial charge in [-0.2, -0.15) is 13.2 Å². The molecular weight excluding hydrogens is 531 g/mol. The van der Waals surface area contributed by atoms with Crippen LogP contribution in [0.4, 0.5) is 29.3 Å². The Labute approximate surface area is 230 Å². The predicted molar refractivity (Wildman–Crippen MR) is 143 cm³/mol. The van der Waals surface area contributed by atoms with E-state index in [9.17, 15) is 27.6 Å². The Hall–Kier alpha value is -4.00. The minimum absolute atomic E-state index is 0.169. The summed E-state index contributed by atoms with van der Waals surface area (Å²) in [5, 5.41) is 7.46. The number of likely N-dealkylation sites (tertiary alicyclic amines) is 1. The Morgan fingerprint density at radius 1 is 1.10 bits per heavy atom. The Morgan fingerprint density at radius 2 is 1.82 bits per heavy atom. The van der Waals surface area contributed by atoms with Crippen LogP contribution in [0.1, 0.15) is 48.7 Å². The normalized spacial score (nSPS) is 15.8. The van der Waals surface area contributed by atoms with Crippen molar-refractivity contribution in [2.75, 3.05) is 37.8 Å². The predicted octanol–water partition coefficient (Wildman–Crippen LogP) is 3.76. The van der Waals surface area contributed by atoms with Crippen molar-refractivity contribution in [3.05, 3.63) is 53.1 Å². The number of carbonyl (C=O) groups excluding carboxylic acids is 3. The molecule has 0 radical (unpaired) electrons. The third-order valence-electron chi connectivity index (χ3n) is 5.97. The Bertz CT molecular complexity index is 1250. The van der Waals surface area contributed by atoms with Gasteiger partial charge in [0.2, 0.25) is 5.91 Å². The number of nitrogens with one attached hydrogen (secondary N) is 3. The lowest BCUT2D eigenvalue weighted by molar-refractivity contribution is -0.137. The molecule has 0 aromatic heterocycles. The van der Waals surface area contributed by atoms with Crippen LogP contribution in [-0.4, -0.2) is 61.2 Å². The molecule has 13 heteroatoms. The average Bonchev–Trinajstić information content (AvgIpc) is 3.27. The van der Waals surface area contributed by atoms with Crippen LogP contribution in [0.2, 0.25) is 0 Å². The van der Waals surface area contributed by atoms with E-state index in [4.69, 9.17) is 15.2 Å². The maximum Gasteiger partial charge on any atom is 0.416 e. The topological polar surface area (TPSA) is 135 Å². The molecule has 1 aliphatic heterocycles. The fraction of sp³-hybridized carbons (Fsp3) is 0.444. The molecule has 0 bridgehead atoms. The SMILES string of the molecule is COc1ccc(CN2CC[C@@H](NC(=O)CNC(=O)c3cc(C(F)(F)F)ccc3NC(=O)OC(C)(C)C)C2)cc1N. The van der Waals surface area contributed by atoms with Gasteiger partial charge in [0.1, 0.15) is 11.4 Å². The minimum Gasteiger partial charge on any atom is -0.495 e. The molecule has 3 rings (SSSR count). The molecule has 0 spiro atoms. The number of benzene rings is 2. The van der Waals surface area contributed by atoms with Crippen LogP contribution in [0, 0.1) is 0 Å². The second-order valence-electron chi connectivity index (χ2n) is 10.4. The van der Waals surface area contributed by atoms with Gasteiger partial charge in [0.25, 0.3) is 5.91 Å². The first-order chi connectivity index (χ1) is 18.6. The highest BCUT2D eigenvalue weighted by Gasteiger charge is 2.32. The number of ether oxygens (including phenoxy) is 2. The molecule has 0 unspecified atom stereocenters. The number of alkyl halides is 3. The third kappa shape index (κ3) is 8.76. The largest absolute Gasteiger partial charge is 0.495 e. The quantitative estimate of drug-likeness (QED) is 0.358. The molecule has 1 aliphatic rings. The number of nitrogens with two attached hydrogens (primary N) is 1. The van der Waals surface area contributed by atoms with Gasteiger partial charge in [0.05, 0.1) is 36.2 Å². The summed E-state index contributed by atoms with van der Waals surface area (Å²) in [5.74, 6) is -0.866. The van der Waals surface area contributed by atoms with E-state index in [0.717, 1.165) is 24.2 Å². The van der Waals surface area contributed by atoms with E-state index in [1.807, 2.05) is 12.1 Å². The second kappa shape index (κ2) is 12.5. The maximum atomic E-state index is 13.3. The molecule has 1 fully saturated rings. The number of amides is 3. The van der Waals surface area contributed by atoms with Gasteiger partial charge in [0, 0.05) is 25.7 Å². The third-order valence-corrected chi connectivity index (χ3v) is 5.97. The van der Waals surface area contributed by atoms with E-state index < -0.39 is 47.4 Å². The molecule has 40 heavy (non-hydrogen) atoms. The highest BCUT2D eigenvalue weighted by molar-refractivity contribution is 6.04. The van der Waals surface area contributed by atoms with Gasteiger partial charge >= 0.3 is 12.3 Å². The molecule has 3 amide bonds. The Kier molecular flexibility index (Phi) is 9.51. The first-order valence-corrected chi connectivity index (χ1v) is 12.6. The summed E-state index contributed by atoms with van der Waals surface area (Å²) in [7, 11) is 1.54. The number of carbonyl (C=O) groups is 3. The first-order valence-electron chi connectivity index (χ1n) is 12.6. The lowest BCUT2D eigenvalue weighted by Crippen LogP contribution is -2.43. The summed E-state index contributed by atoms with van der Waals surface area (Å²) in [6.45, 7) is 6.31. The van der Waals surface area contributed by atoms with Gasteiger partial charge in [-0.3, -0.25) is 19.8 Å². The van der Waals surface area contributed by atoms with Crippen LogP contribution in [0.3, 0.4) is 0 Å². The molecule has 218 valence electrons. The number of nitrogen functional groups attached to an aromatic ring is 1. The summed E-state index contributed by atoms with van der Waals surface area (Å²) in [6, 6.07) is 7.68. The molecule has 2 aromatic carbocycles. The van der Waals surface area contributed by atoms with E-state index in [-0.39, 0.29) is 11.7 Å². The Morgan fingerprint density at radius 3 is 2.45 bits per heavy atom. The number of hydrogen-bond acceptors (Lipinski definition) is 7. The van der Waals surface area contributed by atoms with Crippen LogP contribution in [0.5, 0.6) is 5.75 Å². The summed E-state index contributed by atoms with van der Waals surface area (Å²) in [6.07, 6.45) is -4.98. The highest BCUT2D eigenvalue weighted by Crippen LogP contribution is 2.32. The van der Waals surface area contributed by atoms with Gasteiger partial charge in [-0.15, -0.1) is 0 Å². The number of methoxy groups -OCH3 is 1. The summed E-state index contributed by atoms with van der Waals surface area (Å²) < 4.78 is 50.2. The lowest BCUT2D eigenvalue weighted by atomic mass is 10.1. The van der Waals surface area contributed by atoms with Gasteiger partial charge in [-0.1, -0.05) is 6.07 Å². The first kappa shape index (κ1) is 30.5. The standard InChI is InChI=1S/C27H34F3N5O5/c1-26(2,3)40-25(38)34-21-7-6-17(27(28,29)30)12-19(21)24(37)32-13-23(36)33-18-9-10-35(15-18)14-16-5-8-22(39-4)20(31)11-16/h5-8,11-12,18H,9-10,13-15,31H2,1-4H3,(H,32,37)(H,33,36)(H,34,38)/t18-/m1/s1. The highest BCUT2D eigenvalue weighted by atomic mass is 19.4. The zero-order valence-electron chi connectivity index (χ0n) is 22.8. The average molecular weight is 566 g/mol. The number of anilines is 2. The molecular formula is C27H34F3N5O5. The van der Waals surface area contributed by atoms with Crippen molar-refractivity contribution >= 4 is 29.3 Å². The zero-order chi connectivity index (χ0) is 29.7. The molecule has 1 saturated heterocycles. The fourth-order valence-corrected chi connectivity index (χ4v) is 4.20. The smallest absolute Gasteiger partial charge is 0.416 e. The molecule has 5 N–H and O–H groups in total. The molecule has 0 aliphatic carbocycles. The maximum absolute atomic E-state index is 13.3. The zero-order valence-corrected chi connectivity index (χ0v) is 22.8.